The Morgan fingerprint density at radius 3 is 2.31 bits per heavy atom. The molecule has 0 N–H and O–H groups in total. The van der Waals surface area contributed by atoms with Gasteiger partial charge in [0.25, 0.3) is 0 Å². The maximum Gasteiger partial charge on any atom is 0.0464 e. The van der Waals surface area contributed by atoms with E-state index in [4.69, 9.17) is 11.6 Å². The molecule has 1 aromatic carbocycles. The predicted molar refractivity (Wildman–Crippen MR) is 127 cm³/mol. The van der Waals surface area contributed by atoms with Crippen LogP contribution < -0.4 is 0 Å². The molecular weight excluding hydrogens is 376 g/mol. The molecule has 0 bridgehead atoms. The zero-order chi connectivity index (χ0) is 20.9. The second kappa shape index (κ2) is 10.6. The van der Waals surface area contributed by atoms with Crippen LogP contribution in [0.3, 0.4) is 0 Å². The average Bonchev–Trinajstić information content (AvgIpc) is 3.17. The third-order valence-electron chi connectivity index (χ3n) is 7.63. The van der Waals surface area contributed by atoms with Gasteiger partial charge in [-0.3, -0.25) is 9.80 Å². The molecule has 4 unspecified atom stereocenters. The minimum absolute atomic E-state index is 0.176. The topological polar surface area (TPSA) is 6.48 Å². The van der Waals surface area contributed by atoms with E-state index in [0.29, 0.717) is 0 Å². The van der Waals surface area contributed by atoms with Gasteiger partial charge in [-0.25, -0.2) is 0 Å². The lowest BCUT2D eigenvalue weighted by molar-refractivity contribution is -0.00781. The van der Waals surface area contributed by atoms with Gasteiger partial charge in [0.1, 0.15) is 0 Å². The summed E-state index contributed by atoms with van der Waals surface area (Å²) in [5.41, 5.74) is 1.66. The van der Waals surface area contributed by atoms with Crippen LogP contribution in [0.4, 0.5) is 0 Å². The minimum Gasteiger partial charge on any atom is -0.300 e. The van der Waals surface area contributed by atoms with Crippen LogP contribution in [0.5, 0.6) is 0 Å². The Balaban J connectivity index is 1.82. The number of hydrogen-bond acceptors (Lipinski definition) is 2. The van der Waals surface area contributed by atoms with E-state index in [2.05, 4.69) is 61.8 Å². The normalized spacial score (nSPS) is 30.9. The highest BCUT2D eigenvalue weighted by molar-refractivity contribution is 6.30. The molecule has 1 aliphatic carbocycles. The summed E-state index contributed by atoms with van der Waals surface area (Å²) >= 11 is 6.25. The summed E-state index contributed by atoms with van der Waals surface area (Å²) in [6, 6.07) is 9.58. The van der Waals surface area contributed by atoms with Crippen molar-refractivity contribution in [1.82, 2.24) is 9.80 Å². The highest BCUT2D eigenvalue weighted by Gasteiger charge is 2.46. The zero-order valence-corrected chi connectivity index (χ0v) is 20.1. The first kappa shape index (κ1) is 23.1. The second-order valence-electron chi connectivity index (χ2n) is 9.75. The molecule has 4 atom stereocenters. The third-order valence-corrected chi connectivity index (χ3v) is 7.88. The summed E-state index contributed by atoms with van der Waals surface area (Å²) in [4.78, 5) is 5.66. The molecule has 1 aromatic rings. The maximum atomic E-state index is 6.25. The van der Waals surface area contributed by atoms with Crippen molar-refractivity contribution in [2.45, 2.75) is 90.6 Å². The van der Waals surface area contributed by atoms with Gasteiger partial charge in [0.2, 0.25) is 0 Å². The SMILES string of the molecule is CCCC1CCN(C2CCC(c3ccc(Cl)cc3)(N(CCC)CCC)CC2C)C1. The molecular formula is C26H43ClN2. The van der Waals surface area contributed by atoms with Crippen LogP contribution in [0.2, 0.25) is 5.02 Å². The smallest absolute Gasteiger partial charge is 0.0464 e. The number of nitrogens with zero attached hydrogens (tertiary/aromatic N) is 2. The molecule has 0 amide bonds. The molecule has 0 aromatic heterocycles. The largest absolute Gasteiger partial charge is 0.300 e. The van der Waals surface area contributed by atoms with E-state index in [1.807, 2.05) is 0 Å². The van der Waals surface area contributed by atoms with Gasteiger partial charge < -0.3 is 0 Å². The van der Waals surface area contributed by atoms with E-state index >= 15 is 0 Å². The van der Waals surface area contributed by atoms with Gasteiger partial charge in [-0.2, -0.15) is 0 Å². The van der Waals surface area contributed by atoms with Crippen molar-refractivity contribution in [3.63, 3.8) is 0 Å². The molecule has 2 nitrogen and oxygen atoms in total. The molecule has 1 heterocycles. The maximum absolute atomic E-state index is 6.25. The van der Waals surface area contributed by atoms with Crippen molar-refractivity contribution < 1.29 is 0 Å². The summed E-state index contributed by atoms with van der Waals surface area (Å²) < 4.78 is 0. The monoisotopic (exact) mass is 418 g/mol. The van der Waals surface area contributed by atoms with Crippen LogP contribution in [0.25, 0.3) is 0 Å². The molecule has 1 saturated carbocycles. The Morgan fingerprint density at radius 2 is 1.72 bits per heavy atom. The molecule has 164 valence electrons. The quantitative estimate of drug-likeness (QED) is 0.427. The fraction of sp³-hybridized carbons (Fsp3) is 0.769. The summed E-state index contributed by atoms with van der Waals surface area (Å²) in [6.45, 7) is 14.6. The molecule has 1 aliphatic heterocycles. The first-order chi connectivity index (χ1) is 14.0. The van der Waals surface area contributed by atoms with Gasteiger partial charge >= 0.3 is 0 Å². The third kappa shape index (κ3) is 5.20. The second-order valence-corrected chi connectivity index (χ2v) is 10.2. The Bertz CT molecular complexity index is 610. The number of likely N-dealkylation sites (tertiary alicyclic amines) is 1. The number of halogens is 1. The molecule has 3 heteroatoms. The molecule has 2 fully saturated rings. The van der Waals surface area contributed by atoms with Crippen LogP contribution in [0.1, 0.15) is 84.6 Å². The van der Waals surface area contributed by atoms with Crippen molar-refractivity contribution in [2.24, 2.45) is 11.8 Å². The van der Waals surface area contributed by atoms with Crippen molar-refractivity contribution in [3.8, 4) is 0 Å². The summed E-state index contributed by atoms with van der Waals surface area (Å²) in [7, 11) is 0. The van der Waals surface area contributed by atoms with Gasteiger partial charge in [-0.15, -0.1) is 0 Å². The van der Waals surface area contributed by atoms with Crippen LogP contribution in [0, 0.1) is 11.8 Å². The minimum atomic E-state index is 0.176. The average molecular weight is 419 g/mol. The van der Waals surface area contributed by atoms with Gasteiger partial charge in [0, 0.05) is 23.1 Å². The molecule has 3 rings (SSSR count). The molecule has 0 radical (unpaired) electrons. The van der Waals surface area contributed by atoms with E-state index in [1.165, 1.54) is 83.1 Å². The van der Waals surface area contributed by atoms with Crippen molar-refractivity contribution >= 4 is 11.6 Å². The molecule has 0 spiro atoms. The Hall–Kier alpha value is -0.570. The number of hydrogen-bond donors (Lipinski definition) is 0. The van der Waals surface area contributed by atoms with Gasteiger partial charge in [0.15, 0.2) is 0 Å². The summed E-state index contributed by atoms with van der Waals surface area (Å²) in [6.07, 6.45) is 10.5. The fourth-order valence-corrected chi connectivity index (χ4v) is 6.49. The van der Waals surface area contributed by atoms with Crippen LogP contribution in [-0.4, -0.2) is 42.0 Å². The molecule has 2 aliphatic rings. The number of rotatable bonds is 9. The van der Waals surface area contributed by atoms with Crippen LogP contribution in [-0.2, 0) is 5.54 Å². The first-order valence-corrected chi connectivity index (χ1v) is 12.7. The van der Waals surface area contributed by atoms with E-state index in [-0.39, 0.29) is 5.54 Å². The Labute approximate surface area is 185 Å². The van der Waals surface area contributed by atoms with Gasteiger partial charge in [0.05, 0.1) is 0 Å². The van der Waals surface area contributed by atoms with E-state index < -0.39 is 0 Å². The van der Waals surface area contributed by atoms with Gasteiger partial charge in [-0.1, -0.05) is 57.8 Å². The lowest BCUT2D eigenvalue weighted by Gasteiger charge is -2.52. The fourth-order valence-electron chi connectivity index (χ4n) is 6.36. The lowest BCUT2D eigenvalue weighted by Crippen LogP contribution is -2.54. The van der Waals surface area contributed by atoms with Crippen LogP contribution >= 0.6 is 11.6 Å². The Morgan fingerprint density at radius 1 is 1.03 bits per heavy atom. The van der Waals surface area contributed by atoms with Crippen LogP contribution in [0.15, 0.2) is 24.3 Å². The van der Waals surface area contributed by atoms with E-state index in [0.717, 1.165) is 22.9 Å². The molecule has 29 heavy (non-hydrogen) atoms. The Kier molecular flexibility index (Phi) is 8.48. The van der Waals surface area contributed by atoms with E-state index in [9.17, 15) is 0 Å². The standard InChI is InChI=1S/C26H43ClN2/c1-5-8-22-14-18-28(20-22)25-13-15-26(19-21(25)4,29(16-6-2)17-7-3)23-9-11-24(27)12-10-23/h9-12,21-22,25H,5-8,13-20H2,1-4H3. The van der Waals surface area contributed by atoms with Crippen molar-refractivity contribution in [2.75, 3.05) is 26.2 Å². The highest BCUT2D eigenvalue weighted by Crippen LogP contribution is 2.47. The molecule has 1 saturated heterocycles. The lowest BCUT2D eigenvalue weighted by atomic mass is 9.68. The van der Waals surface area contributed by atoms with Crippen molar-refractivity contribution in [3.05, 3.63) is 34.9 Å². The highest BCUT2D eigenvalue weighted by atomic mass is 35.5. The first-order valence-electron chi connectivity index (χ1n) is 12.3. The number of benzene rings is 1. The summed E-state index contributed by atoms with van der Waals surface area (Å²) in [5, 5.41) is 0.849. The predicted octanol–water partition coefficient (Wildman–Crippen LogP) is 6.97. The summed E-state index contributed by atoms with van der Waals surface area (Å²) in [5.74, 6) is 1.67. The van der Waals surface area contributed by atoms with Gasteiger partial charge in [-0.05, 0) is 94.1 Å². The van der Waals surface area contributed by atoms with E-state index in [1.54, 1.807) is 0 Å². The van der Waals surface area contributed by atoms with Crippen molar-refractivity contribution in [1.29, 1.82) is 0 Å². The zero-order valence-electron chi connectivity index (χ0n) is 19.3.